The molecule has 0 aliphatic carbocycles. The Morgan fingerprint density at radius 3 is 2.57 bits per heavy atom. The Bertz CT molecular complexity index is 814. The number of thiazole rings is 1. The molecule has 0 radical (unpaired) electrons. The third-order valence-corrected chi connectivity index (χ3v) is 4.48. The molecule has 1 aromatic heterocycles. The lowest BCUT2D eigenvalue weighted by Gasteiger charge is -2.08. The number of aromatic nitrogens is 1. The molecular formula is C18H18N2O2S. The molecule has 118 valence electrons. The van der Waals surface area contributed by atoms with Gasteiger partial charge in [0.25, 0.3) is 0 Å². The highest BCUT2D eigenvalue weighted by atomic mass is 32.1. The molecule has 2 aromatic carbocycles. The summed E-state index contributed by atoms with van der Waals surface area (Å²) in [6.07, 6.45) is 0. The van der Waals surface area contributed by atoms with Crippen molar-refractivity contribution in [2.75, 3.05) is 14.2 Å². The third kappa shape index (κ3) is 3.21. The molecule has 5 heteroatoms. The summed E-state index contributed by atoms with van der Waals surface area (Å²) in [5.74, 6) is 1.41. The van der Waals surface area contributed by atoms with E-state index >= 15 is 0 Å². The lowest BCUT2D eigenvalue weighted by molar-refractivity contribution is 0.355. The summed E-state index contributed by atoms with van der Waals surface area (Å²) in [4.78, 5) is 4.74. The summed E-state index contributed by atoms with van der Waals surface area (Å²) < 4.78 is 10.6. The Labute approximate surface area is 139 Å². The molecule has 23 heavy (non-hydrogen) atoms. The van der Waals surface area contributed by atoms with Crippen LogP contribution in [0.2, 0.25) is 0 Å². The summed E-state index contributed by atoms with van der Waals surface area (Å²) >= 11 is 1.62. The monoisotopic (exact) mass is 326 g/mol. The smallest absolute Gasteiger partial charge is 0.161 e. The highest BCUT2D eigenvalue weighted by molar-refractivity contribution is 7.13. The van der Waals surface area contributed by atoms with Crippen LogP contribution in [0.5, 0.6) is 11.5 Å². The van der Waals surface area contributed by atoms with Crippen LogP contribution < -0.4 is 15.2 Å². The van der Waals surface area contributed by atoms with Crippen LogP contribution in [0.3, 0.4) is 0 Å². The number of rotatable bonds is 5. The first kappa shape index (κ1) is 15.5. The van der Waals surface area contributed by atoms with Crippen LogP contribution in [-0.4, -0.2) is 19.2 Å². The first-order chi connectivity index (χ1) is 11.2. The molecular weight excluding hydrogens is 308 g/mol. The number of hydrogen-bond acceptors (Lipinski definition) is 5. The van der Waals surface area contributed by atoms with Crippen LogP contribution >= 0.6 is 11.3 Å². The van der Waals surface area contributed by atoms with Crippen LogP contribution in [0.4, 0.5) is 0 Å². The van der Waals surface area contributed by atoms with Gasteiger partial charge in [0.15, 0.2) is 11.5 Å². The van der Waals surface area contributed by atoms with Gasteiger partial charge in [0.2, 0.25) is 0 Å². The van der Waals surface area contributed by atoms with Crippen LogP contribution in [0.15, 0.2) is 47.8 Å². The van der Waals surface area contributed by atoms with Gasteiger partial charge in [-0.3, -0.25) is 0 Å². The number of benzene rings is 2. The van der Waals surface area contributed by atoms with Crippen molar-refractivity contribution < 1.29 is 9.47 Å². The minimum absolute atomic E-state index is 0.530. The van der Waals surface area contributed by atoms with Gasteiger partial charge in [-0.25, -0.2) is 4.98 Å². The molecule has 0 aliphatic rings. The van der Waals surface area contributed by atoms with Gasteiger partial charge in [0.1, 0.15) is 5.01 Å². The van der Waals surface area contributed by atoms with E-state index in [1.165, 1.54) is 0 Å². The van der Waals surface area contributed by atoms with Crippen LogP contribution in [0.1, 0.15) is 5.56 Å². The number of ether oxygens (including phenoxy) is 2. The van der Waals surface area contributed by atoms with E-state index in [1.807, 2.05) is 35.7 Å². The molecule has 4 nitrogen and oxygen atoms in total. The molecule has 3 aromatic rings. The summed E-state index contributed by atoms with van der Waals surface area (Å²) in [5, 5.41) is 3.02. The molecule has 0 spiro atoms. The Morgan fingerprint density at radius 1 is 1.00 bits per heavy atom. The van der Waals surface area contributed by atoms with E-state index in [-0.39, 0.29) is 0 Å². The van der Waals surface area contributed by atoms with Crippen molar-refractivity contribution in [3.8, 4) is 33.3 Å². The maximum atomic E-state index is 5.71. The highest BCUT2D eigenvalue weighted by Gasteiger charge is 2.10. The van der Waals surface area contributed by atoms with E-state index in [2.05, 4.69) is 12.1 Å². The van der Waals surface area contributed by atoms with Gasteiger partial charge in [-0.1, -0.05) is 18.2 Å². The maximum Gasteiger partial charge on any atom is 0.161 e. The summed E-state index contributed by atoms with van der Waals surface area (Å²) in [6.45, 7) is 0.530. The minimum Gasteiger partial charge on any atom is -0.493 e. The fourth-order valence-corrected chi connectivity index (χ4v) is 3.19. The van der Waals surface area contributed by atoms with Gasteiger partial charge in [0.05, 0.1) is 19.9 Å². The molecule has 0 aliphatic heterocycles. The molecule has 0 fully saturated rings. The largest absolute Gasteiger partial charge is 0.493 e. The van der Waals surface area contributed by atoms with Gasteiger partial charge < -0.3 is 15.2 Å². The zero-order valence-electron chi connectivity index (χ0n) is 13.1. The Balaban J connectivity index is 1.95. The van der Waals surface area contributed by atoms with Crippen LogP contribution in [-0.2, 0) is 6.54 Å². The van der Waals surface area contributed by atoms with Crippen molar-refractivity contribution in [3.05, 3.63) is 53.4 Å². The SMILES string of the molecule is COc1ccc(-c2csc(-c3cccc(CN)c3)n2)cc1OC. The summed E-state index contributed by atoms with van der Waals surface area (Å²) in [5.41, 5.74) is 9.82. The molecule has 0 amide bonds. The second kappa shape index (κ2) is 6.81. The fourth-order valence-electron chi connectivity index (χ4n) is 2.37. The standard InChI is InChI=1S/C18H18N2O2S/c1-21-16-7-6-13(9-17(16)22-2)15-11-23-18(20-15)14-5-3-4-12(8-14)10-19/h3-9,11H,10,19H2,1-2H3. The third-order valence-electron chi connectivity index (χ3n) is 3.59. The first-order valence-electron chi connectivity index (χ1n) is 7.22. The van der Waals surface area contributed by atoms with Gasteiger partial charge in [-0.05, 0) is 29.8 Å². The van der Waals surface area contributed by atoms with Crippen LogP contribution in [0, 0.1) is 0 Å². The van der Waals surface area contributed by atoms with E-state index in [9.17, 15) is 0 Å². The Morgan fingerprint density at radius 2 is 1.83 bits per heavy atom. The van der Waals surface area contributed by atoms with Crippen molar-refractivity contribution in [2.45, 2.75) is 6.54 Å². The molecule has 2 N–H and O–H groups in total. The predicted octanol–water partition coefficient (Wildman–Crippen LogP) is 3.95. The van der Waals surface area contributed by atoms with Gasteiger partial charge in [-0.2, -0.15) is 0 Å². The van der Waals surface area contributed by atoms with Gasteiger partial charge in [0, 0.05) is 23.1 Å². The molecule has 0 saturated carbocycles. The van der Waals surface area contributed by atoms with E-state index in [4.69, 9.17) is 20.2 Å². The molecule has 3 rings (SSSR count). The number of hydrogen-bond donors (Lipinski definition) is 1. The summed E-state index contributed by atoms with van der Waals surface area (Å²) in [6, 6.07) is 14.0. The van der Waals surface area contributed by atoms with Crippen molar-refractivity contribution in [3.63, 3.8) is 0 Å². The van der Waals surface area contributed by atoms with Crippen molar-refractivity contribution in [1.29, 1.82) is 0 Å². The van der Waals surface area contributed by atoms with E-state index in [1.54, 1.807) is 25.6 Å². The second-order valence-electron chi connectivity index (χ2n) is 5.01. The van der Waals surface area contributed by atoms with Crippen molar-refractivity contribution in [1.82, 2.24) is 4.98 Å². The van der Waals surface area contributed by atoms with E-state index < -0.39 is 0 Å². The molecule has 0 saturated heterocycles. The Hall–Kier alpha value is -2.37. The summed E-state index contributed by atoms with van der Waals surface area (Å²) in [7, 11) is 3.26. The number of methoxy groups -OCH3 is 2. The zero-order valence-corrected chi connectivity index (χ0v) is 13.9. The van der Waals surface area contributed by atoms with Crippen LogP contribution in [0.25, 0.3) is 21.8 Å². The average molecular weight is 326 g/mol. The zero-order chi connectivity index (χ0) is 16.2. The van der Waals surface area contributed by atoms with E-state index in [0.29, 0.717) is 18.0 Å². The minimum atomic E-state index is 0.530. The first-order valence-corrected chi connectivity index (χ1v) is 8.10. The molecule has 0 bridgehead atoms. The lowest BCUT2D eigenvalue weighted by atomic mass is 10.1. The van der Waals surface area contributed by atoms with Gasteiger partial charge in [-0.15, -0.1) is 11.3 Å². The quantitative estimate of drug-likeness (QED) is 0.771. The average Bonchev–Trinajstić information content (AvgIpc) is 3.11. The molecule has 1 heterocycles. The topological polar surface area (TPSA) is 57.4 Å². The number of nitrogens with two attached hydrogens (primary N) is 1. The molecule has 0 unspecified atom stereocenters. The molecule has 0 atom stereocenters. The highest BCUT2D eigenvalue weighted by Crippen LogP contribution is 2.34. The van der Waals surface area contributed by atoms with E-state index in [0.717, 1.165) is 27.4 Å². The fraction of sp³-hybridized carbons (Fsp3) is 0.167. The normalized spacial score (nSPS) is 10.6. The van der Waals surface area contributed by atoms with Crippen molar-refractivity contribution in [2.24, 2.45) is 5.73 Å². The maximum absolute atomic E-state index is 5.71. The predicted molar refractivity (Wildman–Crippen MR) is 94.0 cm³/mol. The Kier molecular flexibility index (Phi) is 4.60. The van der Waals surface area contributed by atoms with Gasteiger partial charge >= 0.3 is 0 Å². The second-order valence-corrected chi connectivity index (χ2v) is 5.87. The van der Waals surface area contributed by atoms with Crippen molar-refractivity contribution >= 4 is 11.3 Å². The lowest BCUT2D eigenvalue weighted by Crippen LogP contribution is -1.95. The number of nitrogens with zero attached hydrogens (tertiary/aromatic N) is 1.